The van der Waals surface area contributed by atoms with E-state index in [4.69, 9.17) is 15.9 Å². The molecule has 1 aromatic rings. The Morgan fingerprint density at radius 2 is 2.21 bits per heavy atom. The fourth-order valence-electron chi connectivity index (χ4n) is 2.78. The highest BCUT2D eigenvalue weighted by Gasteiger charge is 2.26. The molecule has 104 valence electrons. The van der Waals surface area contributed by atoms with Gasteiger partial charge in [-0.25, -0.2) is 0 Å². The molecule has 0 spiro atoms. The van der Waals surface area contributed by atoms with Crippen LogP contribution in [0.5, 0.6) is 0 Å². The number of nitrogens with one attached hydrogen (secondary N) is 1. The van der Waals surface area contributed by atoms with E-state index >= 15 is 0 Å². The molecule has 1 fully saturated rings. The molecule has 4 nitrogen and oxygen atoms in total. The minimum absolute atomic E-state index is 0.00231. The van der Waals surface area contributed by atoms with Crippen LogP contribution in [0.4, 0.5) is 0 Å². The summed E-state index contributed by atoms with van der Waals surface area (Å²) in [5.41, 5.74) is 6.90. The predicted molar refractivity (Wildman–Crippen MR) is 77.5 cm³/mol. The van der Waals surface area contributed by atoms with Gasteiger partial charge in [0, 0.05) is 20.2 Å². The van der Waals surface area contributed by atoms with Gasteiger partial charge in [0.15, 0.2) is 0 Å². The highest BCUT2D eigenvalue weighted by atomic mass is 16.5. The van der Waals surface area contributed by atoms with E-state index in [-0.39, 0.29) is 11.8 Å². The molecule has 2 unspecified atom stereocenters. The summed E-state index contributed by atoms with van der Waals surface area (Å²) in [7, 11) is 1.75. The maximum atomic E-state index is 7.81. The van der Waals surface area contributed by atoms with Crippen molar-refractivity contribution in [3.63, 3.8) is 0 Å². The van der Waals surface area contributed by atoms with E-state index in [0.29, 0.717) is 5.92 Å². The summed E-state index contributed by atoms with van der Waals surface area (Å²) in [5.74, 6) is 0.872. The van der Waals surface area contributed by atoms with Crippen LogP contribution in [-0.2, 0) is 4.74 Å². The molecule has 1 heterocycles. The minimum atomic E-state index is 0.00231. The standard InChI is InChI=1S/C15H23N3O/c1-19-11-12-7-8-18(9-12)10-14(15(16)17)13-5-3-2-4-6-13/h2-6,12,14H,7-11H2,1H3,(H3,16,17). The highest BCUT2D eigenvalue weighted by molar-refractivity contribution is 5.84. The Bertz CT molecular complexity index is 407. The Labute approximate surface area is 115 Å². The lowest BCUT2D eigenvalue weighted by molar-refractivity contribution is 0.153. The predicted octanol–water partition coefficient (Wildman–Crippen LogP) is 1.67. The topological polar surface area (TPSA) is 62.3 Å². The molecule has 1 aliphatic rings. The van der Waals surface area contributed by atoms with Crippen LogP contribution in [0, 0.1) is 11.3 Å². The van der Waals surface area contributed by atoms with Crippen LogP contribution >= 0.6 is 0 Å². The van der Waals surface area contributed by atoms with Crippen molar-refractivity contribution in [3.05, 3.63) is 35.9 Å². The number of nitrogens with two attached hydrogens (primary N) is 1. The maximum absolute atomic E-state index is 7.81. The summed E-state index contributed by atoms with van der Waals surface area (Å²) >= 11 is 0. The van der Waals surface area contributed by atoms with Crippen molar-refractivity contribution < 1.29 is 4.74 Å². The molecule has 0 aromatic heterocycles. The molecule has 0 radical (unpaired) electrons. The van der Waals surface area contributed by atoms with Crippen molar-refractivity contribution >= 4 is 5.84 Å². The van der Waals surface area contributed by atoms with Crippen LogP contribution in [0.25, 0.3) is 0 Å². The lowest BCUT2D eigenvalue weighted by Gasteiger charge is -2.23. The summed E-state index contributed by atoms with van der Waals surface area (Å²) in [5, 5.41) is 7.81. The monoisotopic (exact) mass is 261 g/mol. The van der Waals surface area contributed by atoms with Gasteiger partial charge < -0.3 is 15.4 Å². The van der Waals surface area contributed by atoms with E-state index in [1.807, 2.05) is 18.2 Å². The number of nitrogens with zero attached hydrogens (tertiary/aromatic N) is 1. The van der Waals surface area contributed by atoms with E-state index in [1.54, 1.807) is 7.11 Å². The van der Waals surface area contributed by atoms with Crippen LogP contribution in [-0.4, -0.2) is 44.1 Å². The van der Waals surface area contributed by atoms with Crippen molar-refractivity contribution in [1.82, 2.24) is 4.90 Å². The maximum Gasteiger partial charge on any atom is 0.0995 e. The van der Waals surface area contributed by atoms with Crippen LogP contribution in [0.3, 0.4) is 0 Å². The zero-order chi connectivity index (χ0) is 13.7. The Balaban J connectivity index is 1.97. The number of hydrogen-bond donors (Lipinski definition) is 2. The second-order valence-electron chi connectivity index (χ2n) is 5.29. The lowest BCUT2D eigenvalue weighted by atomic mass is 9.97. The van der Waals surface area contributed by atoms with Gasteiger partial charge in [-0.1, -0.05) is 30.3 Å². The zero-order valence-electron chi connectivity index (χ0n) is 11.5. The van der Waals surface area contributed by atoms with Crippen molar-refractivity contribution in [2.24, 2.45) is 11.7 Å². The fraction of sp³-hybridized carbons (Fsp3) is 0.533. The Hall–Kier alpha value is -1.39. The summed E-state index contributed by atoms with van der Waals surface area (Å²) in [6, 6.07) is 10.1. The van der Waals surface area contributed by atoms with E-state index in [0.717, 1.165) is 31.8 Å². The van der Waals surface area contributed by atoms with Crippen LogP contribution in [0.2, 0.25) is 0 Å². The molecular formula is C15H23N3O. The summed E-state index contributed by atoms with van der Waals surface area (Å²) < 4.78 is 5.22. The van der Waals surface area contributed by atoms with Crippen molar-refractivity contribution in [1.29, 1.82) is 5.41 Å². The zero-order valence-corrected chi connectivity index (χ0v) is 11.5. The first-order valence-corrected chi connectivity index (χ1v) is 6.81. The quantitative estimate of drug-likeness (QED) is 0.605. The second-order valence-corrected chi connectivity index (χ2v) is 5.29. The van der Waals surface area contributed by atoms with Gasteiger partial charge in [-0.2, -0.15) is 0 Å². The molecule has 2 rings (SSSR count). The number of amidine groups is 1. The molecule has 4 heteroatoms. The first-order chi connectivity index (χ1) is 9.20. The van der Waals surface area contributed by atoms with E-state index in [1.165, 1.54) is 6.42 Å². The fourth-order valence-corrected chi connectivity index (χ4v) is 2.78. The smallest absolute Gasteiger partial charge is 0.0995 e. The molecule has 19 heavy (non-hydrogen) atoms. The molecule has 2 atom stereocenters. The van der Waals surface area contributed by atoms with Gasteiger partial charge in [0.2, 0.25) is 0 Å². The summed E-state index contributed by atoms with van der Waals surface area (Å²) in [6.07, 6.45) is 1.17. The Morgan fingerprint density at radius 1 is 1.47 bits per heavy atom. The number of ether oxygens (including phenoxy) is 1. The average Bonchev–Trinajstić information content (AvgIpc) is 2.85. The van der Waals surface area contributed by atoms with Gasteiger partial charge in [-0.3, -0.25) is 5.41 Å². The van der Waals surface area contributed by atoms with Crippen LogP contribution in [0.15, 0.2) is 30.3 Å². The molecule has 1 aliphatic heterocycles. The van der Waals surface area contributed by atoms with Gasteiger partial charge in [0.05, 0.1) is 18.4 Å². The molecule has 1 saturated heterocycles. The second kappa shape index (κ2) is 6.68. The molecule has 0 amide bonds. The highest BCUT2D eigenvalue weighted by Crippen LogP contribution is 2.22. The first kappa shape index (κ1) is 14.0. The summed E-state index contributed by atoms with van der Waals surface area (Å²) in [4.78, 5) is 2.39. The largest absolute Gasteiger partial charge is 0.387 e. The van der Waals surface area contributed by atoms with Gasteiger partial charge in [-0.05, 0) is 24.4 Å². The number of benzene rings is 1. The average molecular weight is 261 g/mol. The normalized spacial score (nSPS) is 21.4. The minimum Gasteiger partial charge on any atom is -0.387 e. The third-order valence-electron chi connectivity index (χ3n) is 3.79. The van der Waals surface area contributed by atoms with Crippen LogP contribution < -0.4 is 5.73 Å². The number of methoxy groups -OCH3 is 1. The molecular weight excluding hydrogens is 238 g/mol. The third kappa shape index (κ3) is 3.78. The first-order valence-electron chi connectivity index (χ1n) is 6.81. The molecule has 0 saturated carbocycles. The van der Waals surface area contributed by atoms with E-state index in [2.05, 4.69) is 17.0 Å². The molecule has 3 N–H and O–H groups in total. The lowest BCUT2D eigenvalue weighted by Crippen LogP contribution is -2.33. The van der Waals surface area contributed by atoms with Gasteiger partial charge in [0.1, 0.15) is 0 Å². The number of hydrogen-bond acceptors (Lipinski definition) is 3. The molecule has 0 bridgehead atoms. The van der Waals surface area contributed by atoms with Crippen LogP contribution in [0.1, 0.15) is 17.9 Å². The third-order valence-corrected chi connectivity index (χ3v) is 3.79. The van der Waals surface area contributed by atoms with E-state index in [9.17, 15) is 0 Å². The Kier molecular flexibility index (Phi) is 4.93. The number of rotatable bonds is 6. The van der Waals surface area contributed by atoms with E-state index < -0.39 is 0 Å². The van der Waals surface area contributed by atoms with Gasteiger partial charge in [0.25, 0.3) is 0 Å². The SMILES string of the molecule is COCC1CCN(CC(C(=N)N)c2ccccc2)C1. The van der Waals surface area contributed by atoms with Crippen molar-refractivity contribution in [2.45, 2.75) is 12.3 Å². The number of likely N-dealkylation sites (tertiary alicyclic amines) is 1. The van der Waals surface area contributed by atoms with Gasteiger partial charge >= 0.3 is 0 Å². The van der Waals surface area contributed by atoms with Crippen molar-refractivity contribution in [3.8, 4) is 0 Å². The summed E-state index contributed by atoms with van der Waals surface area (Å²) in [6.45, 7) is 3.78. The Morgan fingerprint density at radius 3 is 2.84 bits per heavy atom. The van der Waals surface area contributed by atoms with Gasteiger partial charge in [-0.15, -0.1) is 0 Å². The molecule has 1 aromatic carbocycles. The molecule has 0 aliphatic carbocycles. The van der Waals surface area contributed by atoms with Crippen molar-refractivity contribution in [2.75, 3.05) is 33.4 Å².